The lowest BCUT2D eigenvalue weighted by atomic mass is 10.2. The zero-order valence-corrected chi connectivity index (χ0v) is 12.2. The highest BCUT2D eigenvalue weighted by Crippen LogP contribution is 2.33. The van der Waals surface area contributed by atoms with Crippen LogP contribution in [0.15, 0.2) is 47.6 Å². The number of benzene rings is 2. The maximum atomic E-state index is 8.85. The van der Waals surface area contributed by atoms with Gasteiger partial charge in [0.25, 0.3) is 0 Å². The first-order valence-corrected chi connectivity index (χ1v) is 6.70. The van der Waals surface area contributed by atoms with Gasteiger partial charge in [0.05, 0.1) is 12.2 Å². The standard InChI is InChI=1S/C15H15ClN2O3/c1-2-20-13-5-3-4-6-14(13)21-12-8-7-10(16)9-11(12)15(17)18-19/h3-9,19H,2H2,1H3,(H2,17,18). The molecule has 0 aliphatic carbocycles. The number of para-hydroxylation sites is 2. The fourth-order valence-electron chi connectivity index (χ4n) is 1.77. The van der Waals surface area contributed by atoms with Crippen molar-refractivity contribution in [3.05, 3.63) is 53.1 Å². The van der Waals surface area contributed by atoms with Crippen LogP contribution in [-0.4, -0.2) is 17.6 Å². The van der Waals surface area contributed by atoms with Crippen molar-refractivity contribution in [1.82, 2.24) is 0 Å². The summed E-state index contributed by atoms with van der Waals surface area (Å²) in [4.78, 5) is 0. The van der Waals surface area contributed by atoms with E-state index in [2.05, 4.69) is 5.16 Å². The maximum Gasteiger partial charge on any atom is 0.173 e. The highest BCUT2D eigenvalue weighted by molar-refractivity contribution is 6.31. The number of ether oxygens (including phenoxy) is 2. The Labute approximate surface area is 127 Å². The van der Waals surface area contributed by atoms with Gasteiger partial charge in [0.2, 0.25) is 0 Å². The highest BCUT2D eigenvalue weighted by atomic mass is 35.5. The first-order valence-electron chi connectivity index (χ1n) is 6.32. The van der Waals surface area contributed by atoms with Gasteiger partial charge in [-0.15, -0.1) is 0 Å². The normalized spacial score (nSPS) is 11.2. The molecular weight excluding hydrogens is 292 g/mol. The molecule has 5 nitrogen and oxygen atoms in total. The molecule has 0 saturated carbocycles. The Morgan fingerprint density at radius 2 is 1.90 bits per heavy atom. The van der Waals surface area contributed by atoms with E-state index in [9.17, 15) is 0 Å². The lowest BCUT2D eigenvalue weighted by Gasteiger charge is -2.14. The average Bonchev–Trinajstić information content (AvgIpc) is 2.50. The minimum Gasteiger partial charge on any atom is -0.490 e. The molecule has 3 N–H and O–H groups in total. The van der Waals surface area contributed by atoms with Crippen molar-refractivity contribution in [1.29, 1.82) is 0 Å². The van der Waals surface area contributed by atoms with Gasteiger partial charge in [-0.25, -0.2) is 0 Å². The zero-order chi connectivity index (χ0) is 15.2. The van der Waals surface area contributed by atoms with Crippen LogP contribution < -0.4 is 15.2 Å². The minimum atomic E-state index is -0.0820. The summed E-state index contributed by atoms with van der Waals surface area (Å²) < 4.78 is 11.3. The molecule has 0 bridgehead atoms. The van der Waals surface area contributed by atoms with Crippen LogP contribution in [-0.2, 0) is 0 Å². The molecule has 2 rings (SSSR count). The molecule has 21 heavy (non-hydrogen) atoms. The summed E-state index contributed by atoms with van der Waals surface area (Å²) in [6.07, 6.45) is 0. The molecule has 0 heterocycles. The largest absolute Gasteiger partial charge is 0.490 e. The van der Waals surface area contributed by atoms with E-state index in [0.717, 1.165) is 0 Å². The van der Waals surface area contributed by atoms with Gasteiger partial charge >= 0.3 is 0 Å². The predicted molar refractivity (Wildman–Crippen MR) is 81.6 cm³/mol. The first kappa shape index (κ1) is 15.0. The summed E-state index contributed by atoms with van der Waals surface area (Å²) in [6.45, 7) is 2.41. The van der Waals surface area contributed by atoms with E-state index in [4.69, 9.17) is 32.0 Å². The molecule has 0 amide bonds. The molecule has 6 heteroatoms. The Kier molecular flexibility index (Phi) is 4.90. The Bertz CT molecular complexity index is 659. The molecule has 0 fully saturated rings. The second kappa shape index (κ2) is 6.85. The number of hydrogen-bond donors (Lipinski definition) is 2. The van der Waals surface area contributed by atoms with Crippen LogP contribution in [0.25, 0.3) is 0 Å². The molecule has 0 spiro atoms. The number of nitrogens with two attached hydrogens (primary N) is 1. The lowest BCUT2D eigenvalue weighted by molar-refractivity contribution is 0.317. The van der Waals surface area contributed by atoms with Crippen molar-refractivity contribution in [3.63, 3.8) is 0 Å². The van der Waals surface area contributed by atoms with Crippen LogP contribution in [0.2, 0.25) is 5.02 Å². The van der Waals surface area contributed by atoms with Crippen molar-refractivity contribution >= 4 is 17.4 Å². The van der Waals surface area contributed by atoms with E-state index in [0.29, 0.717) is 34.4 Å². The fraction of sp³-hybridized carbons (Fsp3) is 0.133. The number of nitrogens with zero attached hydrogens (tertiary/aromatic N) is 1. The van der Waals surface area contributed by atoms with Crippen molar-refractivity contribution in [2.75, 3.05) is 6.61 Å². The molecular formula is C15H15ClN2O3. The molecule has 2 aromatic carbocycles. The van der Waals surface area contributed by atoms with E-state index in [1.807, 2.05) is 19.1 Å². The Morgan fingerprint density at radius 1 is 1.19 bits per heavy atom. The van der Waals surface area contributed by atoms with Gasteiger partial charge < -0.3 is 20.4 Å². The van der Waals surface area contributed by atoms with E-state index in [1.54, 1.807) is 30.3 Å². The Balaban J connectivity index is 2.40. The third-order valence-corrected chi connectivity index (χ3v) is 2.93. The third kappa shape index (κ3) is 3.58. The second-order valence-electron chi connectivity index (χ2n) is 4.11. The van der Waals surface area contributed by atoms with Crippen LogP contribution in [0.3, 0.4) is 0 Å². The van der Waals surface area contributed by atoms with E-state index in [-0.39, 0.29) is 5.84 Å². The minimum absolute atomic E-state index is 0.0820. The molecule has 0 saturated heterocycles. The quantitative estimate of drug-likeness (QED) is 0.383. The smallest absolute Gasteiger partial charge is 0.173 e. The van der Waals surface area contributed by atoms with Crippen molar-refractivity contribution in [3.8, 4) is 17.2 Å². The number of halogens is 1. The number of hydrogen-bond acceptors (Lipinski definition) is 4. The first-order chi connectivity index (χ1) is 10.2. The van der Waals surface area contributed by atoms with E-state index >= 15 is 0 Å². The summed E-state index contributed by atoms with van der Waals surface area (Å²) in [7, 11) is 0. The molecule has 2 aromatic rings. The van der Waals surface area contributed by atoms with Gasteiger partial charge in [-0.05, 0) is 37.3 Å². The van der Waals surface area contributed by atoms with Crippen LogP contribution in [0, 0.1) is 0 Å². The molecule has 0 aliphatic rings. The van der Waals surface area contributed by atoms with Crippen molar-refractivity contribution in [2.45, 2.75) is 6.92 Å². The van der Waals surface area contributed by atoms with Gasteiger partial charge in [0, 0.05) is 5.02 Å². The summed E-state index contributed by atoms with van der Waals surface area (Å²) in [5, 5.41) is 12.3. The van der Waals surface area contributed by atoms with Gasteiger partial charge in [-0.1, -0.05) is 28.9 Å². The predicted octanol–water partition coefficient (Wildman–Crippen LogP) is 3.63. The number of oxime groups is 1. The van der Waals surface area contributed by atoms with Crippen LogP contribution in [0.1, 0.15) is 12.5 Å². The Morgan fingerprint density at radius 3 is 2.57 bits per heavy atom. The summed E-state index contributed by atoms with van der Waals surface area (Å²) in [6, 6.07) is 12.1. The molecule has 0 atom stereocenters. The van der Waals surface area contributed by atoms with Crippen LogP contribution in [0.5, 0.6) is 17.2 Å². The van der Waals surface area contributed by atoms with Crippen LogP contribution >= 0.6 is 11.6 Å². The van der Waals surface area contributed by atoms with Crippen molar-refractivity contribution in [2.24, 2.45) is 10.9 Å². The maximum absolute atomic E-state index is 8.85. The molecule has 0 aliphatic heterocycles. The average molecular weight is 307 g/mol. The fourth-order valence-corrected chi connectivity index (χ4v) is 1.95. The summed E-state index contributed by atoms with van der Waals surface area (Å²) in [5.41, 5.74) is 6.04. The number of amidine groups is 1. The van der Waals surface area contributed by atoms with Gasteiger partial charge in [-0.3, -0.25) is 0 Å². The van der Waals surface area contributed by atoms with Crippen molar-refractivity contribution < 1.29 is 14.7 Å². The molecule has 0 radical (unpaired) electrons. The molecule has 110 valence electrons. The van der Waals surface area contributed by atoms with Crippen LogP contribution in [0.4, 0.5) is 0 Å². The summed E-state index contributed by atoms with van der Waals surface area (Å²) >= 11 is 5.93. The third-order valence-electron chi connectivity index (χ3n) is 2.69. The Hall–Kier alpha value is -2.40. The molecule has 0 unspecified atom stereocenters. The zero-order valence-electron chi connectivity index (χ0n) is 11.4. The monoisotopic (exact) mass is 306 g/mol. The lowest BCUT2D eigenvalue weighted by Crippen LogP contribution is -2.14. The molecule has 0 aromatic heterocycles. The number of rotatable bonds is 5. The van der Waals surface area contributed by atoms with E-state index < -0.39 is 0 Å². The van der Waals surface area contributed by atoms with Gasteiger partial charge in [0.15, 0.2) is 17.3 Å². The second-order valence-corrected chi connectivity index (χ2v) is 4.54. The SMILES string of the molecule is CCOc1ccccc1Oc1ccc(Cl)cc1C(N)=NO. The topological polar surface area (TPSA) is 77.1 Å². The summed E-state index contributed by atoms with van der Waals surface area (Å²) in [5.74, 6) is 1.48. The van der Waals surface area contributed by atoms with Gasteiger partial charge in [-0.2, -0.15) is 0 Å². The van der Waals surface area contributed by atoms with Gasteiger partial charge in [0.1, 0.15) is 5.75 Å². The van der Waals surface area contributed by atoms with E-state index in [1.165, 1.54) is 0 Å². The highest BCUT2D eigenvalue weighted by Gasteiger charge is 2.12.